The number of nitrogens with one attached hydrogen (secondary N) is 1. The van der Waals surface area contributed by atoms with Crippen molar-refractivity contribution in [2.45, 2.75) is 24.1 Å². The summed E-state index contributed by atoms with van der Waals surface area (Å²) >= 11 is 0. The molecule has 1 aliphatic rings. The van der Waals surface area contributed by atoms with Crippen molar-refractivity contribution in [3.05, 3.63) is 66.0 Å². The molecule has 2 aromatic rings. The maximum absolute atomic E-state index is 12.9. The van der Waals surface area contributed by atoms with Crippen LogP contribution in [0.4, 0.5) is 23.2 Å². The van der Waals surface area contributed by atoms with Crippen molar-refractivity contribution in [3.63, 3.8) is 0 Å². The van der Waals surface area contributed by atoms with Crippen molar-refractivity contribution >= 4 is 22.6 Å². The molecule has 0 radical (unpaired) electrons. The molecule has 0 saturated carbocycles. The average Bonchev–Trinajstić information content (AvgIpc) is 2.69. The first-order valence-corrected chi connectivity index (χ1v) is 10.1. The van der Waals surface area contributed by atoms with Gasteiger partial charge in [0.2, 0.25) is 5.91 Å². The second kappa shape index (κ2) is 9.40. The fourth-order valence-electron chi connectivity index (χ4n) is 2.93. The summed E-state index contributed by atoms with van der Waals surface area (Å²) in [6.45, 7) is 0.800. The highest BCUT2D eigenvalue weighted by atomic mass is 32.2. The van der Waals surface area contributed by atoms with Crippen molar-refractivity contribution in [3.8, 4) is 5.75 Å². The van der Waals surface area contributed by atoms with Gasteiger partial charge in [0.05, 0.1) is 4.90 Å². The first kappa shape index (κ1) is 22.0. The fraction of sp³-hybridized carbons (Fsp3) is 0.250. The fourth-order valence-corrected chi connectivity index (χ4v) is 4.18. The molecule has 1 fully saturated rings. The number of rotatable bonds is 5. The average molecular weight is 442 g/mol. The van der Waals surface area contributed by atoms with E-state index in [-0.39, 0.29) is 18.2 Å². The molecule has 1 unspecified atom stereocenters. The predicted octanol–water partition coefficient (Wildman–Crippen LogP) is 4.41. The summed E-state index contributed by atoms with van der Waals surface area (Å²) in [6, 6.07) is 10.2. The number of hydrogen-bond donors (Lipinski definition) is 1. The third-order valence-electron chi connectivity index (χ3n) is 4.23. The number of piperidine rings is 1. The first-order chi connectivity index (χ1) is 14.2. The quantitative estimate of drug-likeness (QED) is 0.551. The number of hydrogen-bond acceptors (Lipinski definition) is 3. The molecule has 0 aliphatic carbocycles. The van der Waals surface area contributed by atoms with Gasteiger partial charge in [-0.05, 0) is 66.9 Å². The van der Waals surface area contributed by atoms with Crippen molar-refractivity contribution < 1.29 is 31.3 Å². The number of benzene rings is 2. The molecule has 1 atom stereocenters. The molecule has 1 saturated heterocycles. The van der Waals surface area contributed by atoms with Gasteiger partial charge in [0, 0.05) is 24.9 Å². The van der Waals surface area contributed by atoms with Gasteiger partial charge in [-0.25, -0.2) is 12.9 Å². The molecule has 0 spiro atoms. The highest BCUT2D eigenvalue weighted by molar-refractivity contribution is 7.82. The highest BCUT2D eigenvalue weighted by Crippen LogP contribution is 2.25. The minimum absolute atomic E-state index is 0.282. The van der Waals surface area contributed by atoms with Gasteiger partial charge in [0.1, 0.15) is 22.6 Å². The van der Waals surface area contributed by atoms with Gasteiger partial charge in [0.15, 0.2) is 0 Å². The van der Waals surface area contributed by atoms with Crippen LogP contribution in [0.5, 0.6) is 5.75 Å². The van der Waals surface area contributed by atoms with Gasteiger partial charge in [0.25, 0.3) is 0 Å². The molecule has 1 aliphatic heterocycles. The number of alkyl halides is 3. The van der Waals surface area contributed by atoms with E-state index >= 15 is 0 Å². The van der Waals surface area contributed by atoms with Crippen LogP contribution >= 0.6 is 0 Å². The monoisotopic (exact) mass is 442 g/mol. The molecule has 0 bridgehead atoms. The third-order valence-corrected chi connectivity index (χ3v) is 5.68. The lowest BCUT2D eigenvalue weighted by Gasteiger charge is -2.27. The second-order valence-electron chi connectivity index (χ2n) is 6.53. The second-order valence-corrected chi connectivity index (χ2v) is 8.02. The lowest BCUT2D eigenvalue weighted by molar-refractivity contribution is -0.274. The Balaban J connectivity index is 1.62. The summed E-state index contributed by atoms with van der Waals surface area (Å²) in [4.78, 5) is 12.5. The van der Waals surface area contributed by atoms with Crippen LogP contribution in [-0.2, 0) is 15.8 Å². The van der Waals surface area contributed by atoms with Gasteiger partial charge in [-0.15, -0.1) is 13.2 Å². The summed E-state index contributed by atoms with van der Waals surface area (Å²) in [7, 11) is -1.60. The number of anilines is 1. The number of carbonyl (C=O) groups is 1. The summed E-state index contributed by atoms with van der Waals surface area (Å²) < 4.78 is 67.9. The number of amides is 1. The molecule has 5 nitrogen and oxygen atoms in total. The van der Waals surface area contributed by atoms with Crippen LogP contribution in [0.2, 0.25) is 0 Å². The van der Waals surface area contributed by atoms with Gasteiger partial charge in [-0.1, -0.05) is 0 Å². The summed E-state index contributed by atoms with van der Waals surface area (Å²) in [5, 5.41) is 2.63. The Bertz CT molecular complexity index is 944. The van der Waals surface area contributed by atoms with E-state index in [2.05, 4.69) is 10.1 Å². The van der Waals surface area contributed by atoms with E-state index in [9.17, 15) is 26.6 Å². The SMILES string of the molecule is O=C(C=C1CCCN(S(=O)c2ccc(OC(F)(F)F)cc2)C1)Nc1ccc(F)cc1. The standard InChI is InChI=1S/C20H18F4N2O3S/c21-15-3-5-16(6-4-15)25-19(27)12-14-2-1-11-26(13-14)30(28)18-9-7-17(8-10-18)29-20(22,23)24/h3-10,12H,1-2,11,13H2,(H,25,27). The van der Waals surface area contributed by atoms with Crippen molar-refractivity contribution in [1.82, 2.24) is 4.31 Å². The topological polar surface area (TPSA) is 58.6 Å². The van der Waals surface area contributed by atoms with E-state index in [4.69, 9.17) is 0 Å². The summed E-state index contributed by atoms with van der Waals surface area (Å²) in [5.41, 5.74) is 1.22. The van der Waals surface area contributed by atoms with Crippen LogP contribution < -0.4 is 10.1 Å². The van der Waals surface area contributed by atoms with Gasteiger partial charge >= 0.3 is 6.36 Å². The molecular formula is C20H18F4N2O3S. The molecule has 30 heavy (non-hydrogen) atoms. The van der Waals surface area contributed by atoms with Gasteiger partial charge in [-0.3, -0.25) is 4.79 Å². The predicted molar refractivity (Wildman–Crippen MR) is 103 cm³/mol. The first-order valence-electron chi connectivity index (χ1n) is 8.98. The largest absolute Gasteiger partial charge is 0.573 e. The zero-order valence-corrected chi connectivity index (χ0v) is 16.4. The van der Waals surface area contributed by atoms with Crippen LogP contribution in [0.1, 0.15) is 12.8 Å². The molecule has 10 heteroatoms. The van der Waals surface area contributed by atoms with E-state index < -0.39 is 23.2 Å². The zero-order chi connectivity index (χ0) is 21.7. The van der Waals surface area contributed by atoms with Crippen LogP contribution in [0, 0.1) is 5.82 Å². The van der Waals surface area contributed by atoms with E-state index in [1.54, 1.807) is 4.31 Å². The number of carbonyl (C=O) groups excluding carboxylic acids is 1. The molecule has 160 valence electrons. The van der Waals surface area contributed by atoms with Crippen molar-refractivity contribution in [1.29, 1.82) is 0 Å². The molecule has 2 aromatic carbocycles. The van der Waals surface area contributed by atoms with E-state index in [0.717, 1.165) is 17.7 Å². The molecule has 1 amide bonds. The Hall–Kier alpha value is -2.72. The summed E-state index contributed by atoms with van der Waals surface area (Å²) in [6.07, 6.45) is -2.03. The molecule has 1 heterocycles. The Morgan fingerprint density at radius 3 is 2.40 bits per heavy atom. The normalized spacial score (nSPS) is 17.5. The Morgan fingerprint density at radius 2 is 1.77 bits per heavy atom. The van der Waals surface area contributed by atoms with Crippen LogP contribution in [0.15, 0.2) is 65.1 Å². The molecular weight excluding hydrogens is 424 g/mol. The number of nitrogens with zero attached hydrogens (tertiary/aromatic N) is 1. The molecule has 0 aromatic heterocycles. The maximum atomic E-state index is 12.9. The highest BCUT2D eigenvalue weighted by Gasteiger charge is 2.31. The van der Waals surface area contributed by atoms with Crippen molar-refractivity contribution in [2.24, 2.45) is 0 Å². The van der Waals surface area contributed by atoms with Crippen molar-refractivity contribution in [2.75, 3.05) is 18.4 Å². The van der Waals surface area contributed by atoms with E-state index in [1.165, 1.54) is 42.5 Å². The third kappa shape index (κ3) is 6.39. The molecule has 3 rings (SSSR count). The van der Waals surface area contributed by atoms with Crippen LogP contribution in [-0.4, -0.2) is 33.9 Å². The van der Waals surface area contributed by atoms with E-state index in [1.807, 2.05) is 0 Å². The van der Waals surface area contributed by atoms with Gasteiger partial charge in [-0.2, -0.15) is 0 Å². The number of halogens is 4. The summed E-state index contributed by atoms with van der Waals surface area (Å²) in [5.74, 6) is -1.17. The van der Waals surface area contributed by atoms with E-state index in [0.29, 0.717) is 30.0 Å². The molecule has 1 N–H and O–H groups in total. The smallest absolute Gasteiger partial charge is 0.406 e. The lowest BCUT2D eigenvalue weighted by Crippen LogP contribution is -2.33. The van der Waals surface area contributed by atoms with Crippen LogP contribution in [0.3, 0.4) is 0 Å². The maximum Gasteiger partial charge on any atom is 0.573 e. The zero-order valence-electron chi connectivity index (χ0n) is 15.6. The Kier molecular flexibility index (Phi) is 6.88. The minimum Gasteiger partial charge on any atom is -0.406 e. The Morgan fingerprint density at radius 1 is 1.10 bits per heavy atom. The lowest BCUT2D eigenvalue weighted by atomic mass is 10.1. The number of ether oxygens (including phenoxy) is 1. The van der Waals surface area contributed by atoms with Crippen LogP contribution in [0.25, 0.3) is 0 Å². The van der Waals surface area contributed by atoms with Gasteiger partial charge < -0.3 is 10.1 Å². The Labute approximate surface area is 172 Å². The minimum atomic E-state index is -4.79.